The van der Waals surface area contributed by atoms with Crippen LogP contribution in [-0.2, 0) is 0 Å². The maximum Gasteiger partial charge on any atom is 0.241 e. The highest BCUT2D eigenvalue weighted by Crippen LogP contribution is 2.45. The number of fused-ring (bicyclic) bond motifs is 2. The van der Waals surface area contributed by atoms with Gasteiger partial charge in [0.1, 0.15) is 5.15 Å². The Balaban J connectivity index is 1.30. The standard InChI is InChI=1S/C18H17ClN8/c19-15-7-23-17-22-5-11(8-26(15)17)13-1-2-27-14(13)6-21-16(25-27)24-12-3-18(4-12)9-20-10-18/h1-2,5-8,12,20H,3-4,9-10H2,(H,24,25). The summed E-state index contributed by atoms with van der Waals surface area (Å²) in [4.78, 5) is 13.0. The Kier molecular flexibility index (Phi) is 3.07. The van der Waals surface area contributed by atoms with Crippen LogP contribution in [0, 0.1) is 5.41 Å². The van der Waals surface area contributed by atoms with Crippen LogP contribution in [0.2, 0.25) is 5.15 Å². The lowest BCUT2D eigenvalue weighted by molar-refractivity contribution is 0.0467. The first-order valence-corrected chi connectivity index (χ1v) is 9.38. The summed E-state index contributed by atoms with van der Waals surface area (Å²) >= 11 is 6.17. The van der Waals surface area contributed by atoms with Crippen LogP contribution in [0.25, 0.3) is 22.4 Å². The Bertz CT molecular complexity index is 1170. The van der Waals surface area contributed by atoms with Gasteiger partial charge < -0.3 is 10.6 Å². The van der Waals surface area contributed by atoms with Crippen molar-refractivity contribution in [2.75, 3.05) is 18.4 Å². The summed E-state index contributed by atoms with van der Waals surface area (Å²) < 4.78 is 3.61. The van der Waals surface area contributed by atoms with E-state index in [4.69, 9.17) is 11.6 Å². The third-order valence-corrected chi connectivity index (χ3v) is 6.02. The molecule has 0 radical (unpaired) electrons. The molecule has 136 valence electrons. The van der Waals surface area contributed by atoms with Crippen molar-refractivity contribution in [2.24, 2.45) is 5.41 Å². The van der Waals surface area contributed by atoms with Crippen LogP contribution >= 0.6 is 11.6 Å². The minimum atomic E-state index is 0.467. The first kappa shape index (κ1) is 15.4. The number of hydrogen-bond acceptors (Lipinski definition) is 6. The second-order valence-electron chi connectivity index (χ2n) is 7.59. The second kappa shape index (κ2) is 5.40. The molecule has 6 rings (SSSR count). The molecule has 1 saturated carbocycles. The Morgan fingerprint density at radius 3 is 2.81 bits per heavy atom. The van der Waals surface area contributed by atoms with Gasteiger partial charge in [-0.2, -0.15) is 0 Å². The van der Waals surface area contributed by atoms with Gasteiger partial charge in [0.2, 0.25) is 11.7 Å². The molecule has 0 amide bonds. The zero-order chi connectivity index (χ0) is 18.0. The fourth-order valence-corrected chi connectivity index (χ4v) is 4.41. The fraction of sp³-hybridized carbons (Fsp3) is 0.333. The molecular formula is C18H17ClN8. The highest BCUT2D eigenvalue weighted by atomic mass is 35.5. The minimum absolute atomic E-state index is 0.467. The first-order chi connectivity index (χ1) is 13.2. The molecule has 0 aromatic carbocycles. The van der Waals surface area contributed by atoms with Crippen LogP contribution in [-0.4, -0.2) is 48.1 Å². The van der Waals surface area contributed by atoms with Crippen molar-refractivity contribution in [2.45, 2.75) is 18.9 Å². The molecule has 1 aliphatic carbocycles. The van der Waals surface area contributed by atoms with E-state index in [0.717, 1.165) is 29.7 Å². The van der Waals surface area contributed by atoms with E-state index in [1.165, 1.54) is 12.8 Å². The number of halogens is 1. The molecule has 5 heterocycles. The molecule has 2 aliphatic rings. The molecule has 0 bridgehead atoms. The van der Waals surface area contributed by atoms with Crippen molar-refractivity contribution in [3.05, 3.63) is 42.2 Å². The number of nitrogens with one attached hydrogen (secondary N) is 2. The van der Waals surface area contributed by atoms with E-state index in [0.29, 0.717) is 28.3 Å². The predicted molar refractivity (Wildman–Crippen MR) is 102 cm³/mol. The first-order valence-electron chi connectivity index (χ1n) is 9.00. The van der Waals surface area contributed by atoms with E-state index in [2.05, 4.69) is 30.7 Å². The van der Waals surface area contributed by atoms with Gasteiger partial charge in [-0.15, -0.1) is 5.10 Å². The zero-order valence-corrected chi connectivity index (χ0v) is 15.2. The summed E-state index contributed by atoms with van der Waals surface area (Å²) in [7, 11) is 0. The van der Waals surface area contributed by atoms with Crippen molar-refractivity contribution < 1.29 is 0 Å². The third-order valence-electron chi connectivity index (χ3n) is 5.74. The van der Waals surface area contributed by atoms with Gasteiger partial charge in [-0.25, -0.2) is 19.5 Å². The Morgan fingerprint density at radius 1 is 1.15 bits per heavy atom. The summed E-state index contributed by atoms with van der Waals surface area (Å²) in [6.07, 6.45) is 11.5. The SMILES string of the molecule is Clc1cnc2ncc(-c3ccn4nc(NC5CC6(CNC6)C5)ncc34)cn12. The predicted octanol–water partition coefficient (Wildman–Crippen LogP) is 2.26. The summed E-state index contributed by atoms with van der Waals surface area (Å²) in [5, 5.41) is 12.0. The number of imidazole rings is 1. The molecule has 4 aromatic heterocycles. The lowest BCUT2D eigenvalue weighted by Crippen LogP contribution is -2.63. The molecule has 2 fully saturated rings. The van der Waals surface area contributed by atoms with Crippen molar-refractivity contribution in [3.8, 4) is 11.1 Å². The van der Waals surface area contributed by atoms with Crippen molar-refractivity contribution >= 4 is 28.8 Å². The average molecular weight is 381 g/mol. The Hall–Kier alpha value is -2.71. The number of rotatable bonds is 3. The van der Waals surface area contributed by atoms with Crippen LogP contribution in [0.1, 0.15) is 12.8 Å². The number of nitrogens with zero attached hydrogens (tertiary/aromatic N) is 6. The van der Waals surface area contributed by atoms with Gasteiger partial charge in [0.15, 0.2) is 0 Å². The van der Waals surface area contributed by atoms with E-state index in [1.54, 1.807) is 16.8 Å². The normalized spacial score (nSPS) is 18.7. The lowest BCUT2D eigenvalue weighted by atomic mass is 9.62. The smallest absolute Gasteiger partial charge is 0.241 e. The number of aromatic nitrogens is 6. The lowest BCUT2D eigenvalue weighted by Gasteiger charge is -2.54. The molecular weight excluding hydrogens is 364 g/mol. The van der Waals surface area contributed by atoms with Crippen molar-refractivity contribution in [1.82, 2.24) is 34.3 Å². The highest BCUT2D eigenvalue weighted by Gasteiger charge is 2.48. The minimum Gasteiger partial charge on any atom is -0.350 e. The maximum absolute atomic E-state index is 6.17. The van der Waals surface area contributed by atoms with Crippen molar-refractivity contribution in [3.63, 3.8) is 0 Å². The van der Waals surface area contributed by atoms with Gasteiger partial charge in [-0.05, 0) is 24.3 Å². The summed E-state index contributed by atoms with van der Waals surface area (Å²) in [5.41, 5.74) is 3.39. The van der Waals surface area contributed by atoms with Gasteiger partial charge in [-0.1, -0.05) is 11.6 Å². The molecule has 8 nitrogen and oxygen atoms in total. The molecule has 2 N–H and O–H groups in total. The molecule has 9 heteroatoms. The van der Waals surface area contributed by atoms with Crippen LogP contribution in [0.15, 0.2) is 37.1 Å². The molecule has 4 aromatic rings. The molecule has 1 spiro atoms. The number of anilines is 1. The Morgan fingerprint density at radius 2 is 2.00 bits per heavy atom. The van der Waals surface area contributed by atoms with Crippen LogP contribution in [0.4, 0.5) is 5.95 Å². The molecule has 0 atom stereocenters. The maximum atomic E-state index is 6.17. The summed E-state index contributed by atoms with van der Waals surface area (Å²) in [6.45, 7) is 2.29. The summed E-state index contributed by atoms with van der Waals surface area (Å²) in [6, 6.07) is 2.48. The van der Waals surface area contributed by atoms with Crippen molar-refractivity contribution in [1.29, 1.82) is 0 Å². The van der Waals surface area contributed by atoms with Gasteiger partial charge in [0, 0.05) is 48.8 Å². The monoisotopic (exact) mass is 380 g/mol. The highest BCUT2D eigenvalue weighted by molar-refractivity contribution is 6.29. The fourth-order valence-electron chi connectivity index (χ4n) is 4.23. The average Bonchev–Trinajstić information content (AvgIpc) is 3.19. The van der Waals surface area contributed by atoms with Crippen LogP contribution in [0.5, 0.6) is 0 Å². The Labute approximate surface area is 159 Å². The quantitative estimate of drug-likeness (QED) is 0.567. The molecule has 27 heavy (non-hydrogen) atoms. The largest absolute Gasteiger partial charge is 0.350 e. The molecule has 1 aliphatic heterocycles. The van der Waals surface area contributed by atoms with Gasteiger partial charge in [0.25, 0.3) is 0 Å². The van der Waals surface area contributed by atoms with E-state index < -0.39 is 0 Å². The van der Waals surface area contributed by atoms with Crippen LogP contribution in [0.3, 0.4) is 0 Å². The van der Waals surface area contributed by atoms with Crippen LogP contribution < -0.4 is 10.6 Å². The second-order valence-corrected chi connectivity index (χ2v) is 7.97. The van der Waals surface area contributed by atoms with E-state index in [-0.39, 0.29) is 0 Å². The van der Waals surface area contributed by atoms with Gasteiger partial charge in [-0.3, -0.25) is 4.40 Å². The topological polar surface area (TPSA) is 84.4 Å². The van der Waals surface area contributed by atoms with E-state index in [1.807, 2.05) is 29.2 Å². The zero-order valence-electron chi connectivity index (χ0n) is 14.4. The molecule has 0 unspecified atom stereocenters. The van der Waals surface area contributed by atoms with E-state index >= 15 is 0 Å². The third kappa shape index (κ3) is 2.33. The number of hydrogen-bond donors (Lipinski definition) is 2. The summed E-state index contributed by atoms with van der Waals surface area (Å²) in [5.74, 6) is 1.25. The van der Waals surface area contributed by atoms with Gasteiger partial charge >= 0.3 is 0 Å². The van der Waals surface area contributed by atoms with Gasteiger partial charge in [0.05, 0.1) is 17.9 Å². The molecule has 1 saturated heterocycles. The van der Waals surface area contributed by atoms with E-state index in [9.17, 15) is 0 Å².